The normalized spacial score (nSPS) is 17.4. The van der Waals surface area contributed by atoms with E-state index < -0.39 is 16.3 Å². The Hall–Kier alpha value is -1.69. The van der Waals surface area contributed by atoms with Crippen molar-refractivity contribution < 1.29 is 14.4 Å². The van der Waals surface area contributed by atoms with Crippen LogP contribution in [0.3, 0.4) is 0 Å². The van der Waals surface area contributed by atoms with E-state index in [-0.39, 0.29) is 5.69 Å². The van der Waals surface area contributed by atoms with Gasteiger partial charge in [0.1, 0.15) is 5.82 Å². The van der Waals surface area contributed by atoms with Crippen molar-refractivity contribution in [3.05, 3.63) is 34.1 Å². The summed E-state index contributed by atoms with van der Waals surface area (Å²) in [5, 5.41) is 21.0. The molecular weight excluding hydrogens is 251 g/mol. The van der Waals surface area contributed by atoms with Crippen LogP contribution in [0.2, 0.25) is 0 Å². The van der Waals surface area contributed by atoms with Gasteiger partial charge in [0.25, 0.3) is 5.69 Å². The molecule has 1 N–H and O–H groups in total. The molecule has 0 aliphatic heterocycles. The summed E-state index contributed by atoms with van der Waals surface area (Å²) in [5.74, 6) is -0.644. The number of benzene rings is 1. The second-order valence-corrected chi connectivity index (χ2v) is 5.21. The minimum absolute atomic E-state index is 0.278. The van der Waals surface area contributed by atoms with Gasteiger partial charge >= 0.3 is 0 Å². The second kappa shape index (κ2) is 5.13. The van der Waals surface area contributed by atoms with Crippen LogP contribution in [-0.4, -0.2) is 29.2 Å². The Morgan fingerprint density at radius 3 is 2.63 bits per heavy atom. The van der Waals surface area contributed by atoms with Crippen LogP contribution in [0.5, 0.6) is 0 Å². The highest BCUT2D eigenvalue weighted by molar-refractivity contribution is 5.53. The monoisotopic (exact) mass is 268 g/mol. The number of aliphatic hydroxyl groups is 1. The molecule has 2 rings (SSSR count). The number of hydrogen-bond acceptors (Lipinski definition) is 4. The quantitative estimate of drug-likeness (QED) is 0.673. The first-order valence-electron chi connectivity index (χ1n) is 6.28. The zero-order valence-electron chi connectivity index (χ0n) is 10.8. The number of anilines is 1. The molecule has 0 aromatic heterocycles. The van der Waals surface area contributed by atoms with E-state index >= 15 is 0 Å². The summed E-state index contributed by atoms with van der Waals surface area (Å²) in [6.07, 6.45) is 3.39. The molecule has 6 heteroatoms. The molecule has 0 heterocycles. The van der Waals surface area contributed by atoms with E-state index in [1.165, 1.54) is 12.1 Å². The molecule has 1 aromatic rings. The van der Waals surface area contributed by atoms with Crippen LogP contribution in [0.25, 0.3) is 0 Å². The zero-order valence-corrected chi connectivity index (χ0v) is 10.8. The van der Waals surface area contributed by atoms with E-state index in [0.717, 1.165) is 31.7 Å². The number of nitrogens with zero attached hydrogens (tertiary/aromatic N) is 2. The molecule has 0 spiro atoms. The number of non-ortho nitro benzene ring substituents is 1. The molecule has 0 bridgehead atoms. The molecule has 19 heavy (non-hydrogen) atoms. The number of nitro benzene ring substituents is 1. The van der Waals surface area contributed by atoms with Crippen LogP contribution in [0.1, 0.15) is 25.7 Å². The van der Waals surface area contributed by atoms with Crippen molar-refractivity contribution in [3.8, 4) is 0 Å². The number of nitro groups is 1. The van der Waals surface area contributed by atoms with Crippen LogP contribution < -0.4 is 4.90 Å². The van der Waals surface area contributed by atoms with Gasteiger partial charge in [-0.25, -0.2) is 4.39 Å². The van der Waals surface area contributed by atoms with Crippen LogP contribution in [0, 0.1) is 15.9 Å². The Balaban J connectivity index is 2.18. The standard InChI is InChI=1S/C13H17FN2O3/c1-15(9-13(17)4-2-3-5-13)11-6-10(14)7-12(8-11)16(18)19/h6-8,17H,2-5,9H2,1H3. The molecule has 0 saturated heterocycles. The molecule has 0 unspecified atom stereocenters. The van der Waals surface area contributed by atoms with Gasteiger partial charge < -0.3 is 10.0 Å². The lowest BCUT2D eigenvalue weighted by molar-refractivity contribution is -0.385. The van der Waals surface area contributed by atoms with Gasteiger partial charge in [0.05, 0.1) is 16.6 Å². The van der Waals surface area contributed by atoms with Crippen molar-refractivity contribution >= 4 is 11.4 Å². The van der Waals surface area contributed by atoms with E-state index in [1.54, 1.807) is 11.9 Å². The van der Waals surface area contributed by atoms with Crippen molar-refractivity contribution in [2.75, 3.05) is 18.5 Å². The molecular formula is C13H17FN2O3. The fourth-order valence-electron chi connectivity index (χ4n) is 2.61. The third-order valence-corrected chi connectivity index (χ3v) is 3.58. The van der Waals surface area contributed by atoms with Gasteiger partial charge in [0.15, 0.2) is 0 Å². The maximum atomic E-state index is 13.4. The minimum atomic E-state index is -0.768. The molecule has 1 aromatic carbocycles. The molecule has 0 radical (unpaired) electrons. The lowest BCUT2D eigenvalue weighted by Crippen LogP contribution is -2.39. The average molecular weight is 268 g/mol. The van der Waals surface area contributed by atoms with E-state index in [0.29, 0.717) is 12.2 Å². The van der Waals surface area contributed by atoms with Gasteiger partial charge in [-0.3, -0.25) is 10.1 Å². The summed E-state index contributed by atoms with van der Waals surface area (Å²) >= 11 is 0. The first-order chi connectivity index (χ1) is 8.89. The predicted molar refractivity (Wildman–Crippen MR) is 69.7 cm³/mol. The van der Waals surface area contributed by atoms with Gasteiger partial charge in [-0.2, -0.15) is 0 Å². The van der Waals surface area contributed by atoms with E-state index in [1.807, 2.05) is 0 Å². The van der Waals surface area contributed by atoms with E-state index in [2.05, 4.69) is 0 Å². The Morgan fingerprint density at radius 1 is 1.42 bits per heavy atom. The van der Waals surface area contributed by atoms with Crippen molar-refractivity contribution in [2.24, 2.45) is 0 Å². The average Bonchev–Trinajstić information content (AvgIpc) is 2.74. The number of likely N-dealkylation sites (N-methyl/N-ethyl adjacent to an activating group) is 1. The van der Waals surface area contributed by atoms with Crippen LogP contribution in [0.15, 0.2) is 18.2 Å². The van der Waals surface area contributed by atoms with Gasteiger partial charge in [-0.1, -0.05) is 12.8 Å². The van der Waals surface area contributed by atoms with Gasteiger partial charge in [-0.15, -0.1) is 0 Å². The van der Waals surface area contributed by atoms with Gasteiger partial charge in [0.2, 0.25) is 0 Å². The highest BCUT2D eigenvalue weighted by Crippen LogP contribution is 2.32. The third-order valence-electron chi connectivity index (χ3n) is 3.58. The maximum Gasteiger partial charge on any atom is 0.274 e. The smallest absolute Gasteiger partial charge is 0.274 e. The first-order valence-corrected chi connectivity index (χ1v) is 6.28. The third kappa shape index (κ3) is 3.20. The highest BCUT2D eigenvalue weighted by atomic mass is 19.1. The lowest BCUT2D eigenvalue weighted by atomic mass is 10.0. The maximum absolute atomic E-state index is 13.4. The largest absolute Gasteiger partial charge is 0.388 e. The minimum Gasteiger partial charge on any atom is -0.388 e. The van der Waals surface area contributed by atoms with Crippen molar-refractivity contribution in [1.82, 2.24) is 0 Å². The van der Waals surface area contributed by atoms with E-state index in [4.69, 9.17) is 0 Å². The topological polar surface area (TPSA) is 66.6 Å². The fourth-order valence-corrected chi connectivity index (χ4v) is 2.61. The van der Waals surface area contributed by atoms with E-state index in [9.17, 15) is 19.6 Å². The summed E-state index contributed by atoms with van der Waals surface area (Å²) in [6.45, 7) is 0.355. The molecule has 1 saturated carbocycles. The first kappa shape index (κ1) is 13.7. The zero-order chi connectivity index (χ0) is 14.0. The molecule has 104 valence electrons. The Morgan fingerprint density at radius 2 is 2.05 bits per heavy atom. The molecule has 0 amide bonds. The van der Waals surface area contributed by atoms with Crippen molar-refractivity contribution in [3.63, 3.8) is 0 Å². The van der Waals surface area contributed by atoms with Gasteiger partial charge in [0, 0.05) is 25.3 Å². The molecule has 5 nitrogen and oxygen atoms in total. The summed E-state index contributed by atoms with van der Waals surface area (Å²) < 4.78 is 13.4. The molecule has 1 fully saturated rings. The molecule has 1 aliphatic carbocycles. The molecule has 0 atom stereocenters. The number of rotatable bonds is 4. The van der Waals surface area contributed by atoms with Gasteiger partial charge in [-0.05, 0) is 18.9 Å². The number of halogens is 1. The lowest BCUT2D eigenvalue weighted by Gasteiger charge is -2.29. The van der Waals surface area contributed by atoms with Crippen molar-refractivity contribution in [1.29, 1.82) is 0 Å². The Bertz CT molecular complexity index is 487. The van der Waals surface area contributed by atoms with Crippen LogP contribution in [-0.2, 0) is 0 Å². The Labute approximate surface area is 110 Å². The fraction of sp³-hybridized carbons (Fsp3) is 0.538. The van der Waals surface area contributed by atoms with Crippen LogP contribution >= 0.6 is 0 Å². The summed E-state index contributed by atoms with van der Waals surface area (Å²) in [7, 11) is 1.70. The summed E-state index contributed by atoms with van der Waals surface area (Å²) in [5.41, 5.74) is -0.636. The Kier molecular flexibility index (Phi) is 3.71. The summed E-state index contributed by atoms with van der Waals surface area (Å²) in [4.78, 5) is 11.8. The highest BCUT2D eigenvalue weighted by Gasteiger charge is 2.32. The second-order valence-electron chi connectivity index (χ2n) is 5.21. The number of hydrogen-bond donors (Lipinski definition) is 1. The summed E-state index contributed by atoms with van der Waals surface area (Å²) in [6, 6.07) is 3.45. The molecule has 1 aliphatic rings. The predicted octanol–water partition coefficient (Wildman–Crippen LogP) is 2.48. The van der Waals surface area contributed by atoms with Crippen LogP contribution in [0.4, 0.5) is 15.8 Å². The SMILES string of the molecule is CN(CC1(O)CCCC1)c1cc(F)cc([N+](=O)[O-])c1. The van der Waals surface area contributed by atoms with Crippen molar-refractivity contribution in [2.45, 2.75) is 31.3 Å².